The Morgan fingerprint density at radius 3 is 2.61 bits per heavy atom. The van der Waals surface area contributed by atoms with Crippen molar-refractivity contribution >= 4 is 5.91 Å². The quantitative estimate of drug-likeness (QED) is 0.784. The molecule has 1 fully saturated rings. The molecule has 0 aliphatic carbocycles. The summed E-state index contributed by atoms with van der Waals surface area (Å²) < 4.78 is 44.1. The maximum Gasteiger partial charge on any atom is 0.404 e. The van der Waals surface area contributed by atoms with Gasteiger partial charge in [-0.1, -0.05) is 6.92 Å². The van der Waals surface area contributed by atoms with E-state index in [0.717, 1.165) is 0 Å². The van der Waals surface area contributed by atoms with Crippen LogP contribution in [0.1, 0.15) is 19.8 Å². The first-order chi connectivity index (χ1) is 8.37. The van der Waals surface area contributed by atoms with Crippen LogP contribution in [0.3, 0.4) is 0 Å². The lowest BCUT2D eigenvalue weighted by Crippen LogP contribution is -2.55. The average Bonchev–Trinajstić information content (AvgIpc) is 2.77. The van der Waals surface area contributed by atoms with Gasteiger partial charge in [0.05, 0.1) is 12.6 Å². The second kappa shape index (κ2) is 5.88. The van der Waals surface area contributed by atoms with E-state index in [0.29, 0.717) is 6.42 Å². The minimum atomic E-state index is -4.54. The van der Waals surface area contributed by atoms with Gasteiger partial charge in [-0.15, -0.1) is 0 Å². The largest absolute Gasteiger partial charge is 0.404 e. The highest BCUT2D eigenvalue weighted by atomic mass is 19.4. The van der Waals surface area contributed by atoms with E-state index in [9.17, 15) is 18.0 Å². The molecule has 0 spiro atoms. The van der Waals surface area contributed by atoms with E-state index in [4.69, 9.17) is 4.74 Å². The maximum absolute atomic E-state index is 13.1. The Kier molecular flexibility index (Phi) is 4.98. The van der Waals surface area contributed by atoms with Crippen LogP contribution in [0.25, 0.3) is 0 Å². The Balaban J connectivity index is 2.78. The van der Waals surface area contributed by atoms with Gasteiger partial charge in [-0.25, -0.2) is 0 Å². The number of ether oxygens (including phenoxy) is 1. The molecular formula is C11H19F3N2O2. The molecular weight excluding hydrogens is 249 g/mol. The van der Waals surface area contributed by atoms with Crippen molar-refractivity contribution in [2.45, 2.75) is 32.0 Å². The first-order valence-corrected chi connectivity index (χ1v) is 5.94. The summed E-state index contributed by atoms with van der Waals surface area (Å²) in [5.74, 6) is -0.955. The lowest BCUT2D eigenvalue weighted by Gasteiger charge is -2.31. The molecule has 0 aromatic heterocycles. The predicted octanol–water partition coefficient (Wildman–Crippen LogP) is 1.07. The standard InChI is InChI=1S/C11H19F3N2O2/c1-3-8(6-18-2)16-9(17)10(11(12,13)14)4-5-15-7-10/h8,15H,3-7H2,1-2H3,(H,16,17). The summed E-state index contributed by atoms with van der Waals surface area (Å²) in [5.41, 5.74) is -2.30. The van der Waals surface area contributed by atoms with Gasteiger partial charge in [0.1, 0.15) is 0 Å². The van der Waals surface area contributed by atoms with Crippen molar-refractivity contribution in [1.82, 2.24) is 10.6 Å². The fourth-order valence-electron chi connectivity index (χ4n) is 2.04. The SMILES string of the molecule is CCC(COC)NC(=O)C1(C(F)(F)F)CCNC1. The molecule has 2 unspecified atom stereocenters. The van der Waals surface area contributed by atoms with Crippen molar-refractivity contribution in [3.8, 4) is 0 Å². The molecule has 1 rings (SSSR count). The molecule has 18 heavy (non-hydrogen) atoms. The number of hydrogen-bond acceptors (Lipinski definition) is 3. The number of methoxy groups -OCH3 is 1. The fourth-order valence-corrected chi connectivity index (χ4v) is 2.04. The van der Waals surface area contributed by atoms with E-state index in [1.165, 1.54) is 7.11 Å². The molecule has 1 heterocycles. The molecule has 1 amide bonds. The third kappa shape index (κ3) is 2.95. The summed E-state index contributed by atoms with van der Waals surface area (Å²) in [4.78, 5) is 11.9. The maximum atomic E-state index is 13.1. The van der Waals surface area contributed by atoms with Crippen molar-refractivity contribution in [2.24, 2.45) is 5.41 Å². The Labute approximate surface area is 104 Å². The Morgan fingerprint density at radius 1 is 1.56 bits per heavy atom. The Morgan fingerprint density at radius 2 is 2.22 bits per heavy atom. The van der Waals surface area contributed by atoms with E-state index in [-0.39, 0.29) is 32.2 Å². The third-order valence-electron chi connectivity index (χ3n) is 3.33. The Hall–Kier alpha value is -0.820. The molecule has 4 nitrogen and oxygen atoms in total. The summed E-state index contributed by atoms with van der Waals surface area (Å²) in [5, 5.41) is 5.04. The van der Waals surface area contributed by atoms with Crippen LogP contribution < -0.4 is 10.6 Å². The van der Waals surface area contributed by atoms with Crippen LogP contribution in [0.15, 0.2) is 0 Å². The number of alkyl halides is 3. The minimum Gasteiger partial charge on any atom is -0.383 e. The van der Waals surface area contributed by atoms with Crippen LogP contribution in [0.2, 0.25) is 0 Å². The number of hydrogen-bond donors (Lipinski definition) is 2. The highest BCUT2D eigenvalue weighted by Gasteiger charge is 2.61. The molecule has 1 aliphatic rings. The number of carbonyl (C=O) groups is 1. The summed E-state index contributed by atoms with van der Waals surface area (Å²) in [6, 6.07) is -0.387. The van der Waals surface area contributed by atoms with Gasteiger partial charge in [0.25, 0.3) is 0 Å². The molecule has 1 saturated heterocycles. The van der Waals surface area contributed by atoms with Crippen LogP contribution in [0.4, 0.5) is 13.2 Å². The van der Waals surface area contributed by atoms with Crippen LogP contribution in [0, 0.1) is 5.41 Å². The molecule has 106 valence electrons. The molecule has 7 heteroatoms. The van der Waals surface area contributed by atoms with Crippen LogP contribution in [-0.2, 0) is 9.53 Å². The average molecular weight is 268 g/mol. The van der Waals surface area contributed by atoms with E-state index >= 15 is 0 Å². The summed E-state index contributed by atoms with van der Waals surface area (Å²) in [6.45, 7) is 1.85. The van der Waals surface area contributed by atoms with E-state index in [1.54, 1.807) is 6.92 Å². The summed E-state index contributed by atoms with van der Waals surface area (Å²) in [6.07, 6.45) is -4.22. The van der Waals surface area contributed by atoms with Crippen molar-refractivity contribution in [1.29, 1.82) is 0 Å². The lowest BCUT2D eigenvalue weighted by molar-refractivity contribution is -0.216. The zero-order valence-electron chi connectivity index (χ0n) is 10.6. The number of halogens is 3. The molecule has 1 aliphatic heterocycles. The smallest absolute Gasteiger partial charge is 0.383 e. The zero-order valence-corrected chi connectivity index (χ0v) is 10.6. The molecule has 0 radical (unpaired) electrons. The second-order valence-corrected chi connectivity index (χ2v) is 4.54. The minimum absolute atomic E-state index is 0.202. The molecule has 0 bridgehead atoms. The van der Waals surface area contributed by atoms with Gasteiger partial charge < -0.3 is 15.4 Å². The van der Waals surface area contributed by atoms with Crippen molar-refractivity contribution in [3.63, 3.8) is 0 Å². The predicted molar refractivity (Wildman–Crippen MR) is 60.1 cm³/mol. The normalized spacial score (nSPS) is 26.1. The first kappa shape index (κ1) is 15.2. The highest BCUT2D eigenvalue weighted by molar-refractivity contribution is 5.84. The van der Waals surface area contributed by atoms with Gasteiger partial charge in [0.15, 0.2) is 5.41 Å². The molecule has 0 saturated carbocycles. The van der Waals surface area contributed by atoms with E-state index in [1.807, 2.05) is 0 Å². The van der Waals surface area contributed by atoms with Crippen molar-refractivity contribution < 1.29 is 22.7 Å². The molecule has 0 aromatic rings. The number of carbonyl (C=O) groups excluding carboxylic acids is 1. The molecule has 2 atom stereocenters. The van der Waals surface area contributed by atoms with Gasteiger partial charge in [-0.2, -0.15) is 13.2 Å². The number of amides is 1. The van der Waals surface area contributed by atoms with Crippen molar-refractivity contribution in [3.05, 3.63) is 0 Å². The number of rotatable bonds is 5. The van der Waals surface area contributed by atoms with Gasteiger partial charge >= 0.3 is 6.18 Å². The van der Waals surface area contributed by atoms with E-state index in [2.05, 4.69) is 10.6 Å². The monoisotopic (exact) mass is 268 g/mol. The van der Waals surface area contributed by atoms with Gasteiger partial charge in [-0.05, 0) is 19.4 Å². The van der Waals surface area contributed by atoms with Gasteiger partial charge in [0, 0.05) is 13.7 Å². The van der Waals surface area contributed by atoms with Crippen LogP contribution >= 0.6 is 0 Å². The van der Waals surface area contributed by atoms with Crippen LogP contribution in [0.5, 0.6) is 0 Å². The molecule has 0 aromatic carbocycles. The van der Waals surface area contributed by atoms with Gasteiger partial charge in [-0.3, -0.25) is 4.79 Å². The summed E-state index contributed by atoms with van der Waals surface area (Å²) in [7, 11) is 1.45. The van der Waals surface area contributed by atoms with E-state index < -0.39 is 17.5 Å². The summed E-state index contributed by atoms with van der Waals surface area (Å²) >= 11 is 0. The topological polar surface area (TPSA) is 50.4 Å². The first-order valence-electron chi connectivity index (χ1n) is 5.94. The molecule has 2 N–H and O–H groups in total. The van der Waals surface area contributed by atoms with Gasteiger partial charge in [0.2, 0.25) is 5.91 Å². The zero-order chi connectivity index (χ0) is 13.8. The third-order valence-corrected chi connectivity index (χ3v) is 3.33. The second-order valence-electron chi connectivity index (χ2n) is 4.54. The number of nitrogens with one attached hydrogen (secondary N) is 2. The van der Waals surface area contributed by atoms with Crippen molar-refractivity contribution in [2.75, 3.05) is 26.8 Å². The highest BCUT2D eigenvalue weighted by Crippen LogP contribution is 2.43. The van der Waals surface area contributed by atoms with Crippen LogP contribution in [-0.4, -0.2) is 44.9 Å². The Bertz CT molecular complexity index is 289. The fraction of sp³-hybridized carbons (Fsp3) is 0.909. The lowest BCUT2D eigenvalue weighted by atomic mass is 9.85.